The highest BCUT2D eigenvalue weighted by Crippen LogP contribution is 2.28. The zero-order valence-corrected chi connectivity index (χ0v) is 33.1. The van der Waals surface area contributed by atoms with E-state index in [4.69, 9.17) is 10.3 Å². The Kier molecular flexibility index (Phi) is 13.1. The van der Waals surface area contributed by atoms with Crippen LogP contribution in [-0.4, -0.2) is 117 Å². The van der Waals surface area contributed by atoms with Crippen LogP contribution in [-0.2, 0) is 53.6 Å². The van der Waals surface area contributed by atoms with Crippen molar-refractivity contribution >= 4 is 11.8 Å². The first-order chi connectivity index (χ1) is 29.1. The van der Waals surface area contributed by atoms with E-state index in [1.807, 2.05) is 0 Å². The van der Waals surface area contributed by atoms with Crippen LogP contribution >= 0.6 is 0 Å². The summed E-state index contributed by atoms with van der Waals surface area (Å²) in [6.45, 7) is 3.41. The molecule has 27 heteroatoms. The number of aryl methyl sites for hydroxylation is 3. The van der Waals surface area contributed by atoms with Crippen LogP contribution < -0.4 is 33.7 Å². The highest BCUT2D eigenvalue weighted by atomic mass is 16.5. The molecule has 1 saturated heterocycles. The van der Waals surface area contributed by atoms with Gasteiger partial charge in [0.05, 0.1) is 44.7 Å². The Labute approximate surface area is 341 Å². The van der Waals surface area contributed by atoms with Crippen LogP contribution in [0.2, 0.25) is 0 Å². The molecule has 3 atom stereocenters. The fourth-order valence-electron chi connectivity index (χ4n) is 6.43. The average Bonchev–Trinajstić information content (AvgIpc) is 3.95. The normalized spacial score (nSPS) is 16.0. The van der Waals surface area contributed by atoms with E-state index < -0.39 is 77.1 Å². The molecule has 1 aliphatic rings. The first-order valence-corrected chi connectivity index (χ1v) is 18.7. The van der Waals surface area contributed by atoms with Crippen molar-refractivity contribution in [1.29, 1.82) is 0 Å². The third kappa shape index (κ3) is 10.6. The van der Waals surface area contributed by atoms with Crippen molar-refractivity contribution in [2.24, 2.45) is 5.11 Å². The molecule has 1 aliphatic heterocycles. The lowest BCUT2D eigenvalue weighted by Crippen LogP contribution is -2.40. The van der Waals surface area contributed by atoms with Crippen molar-refractivity contribution < 1.29 is 19.4 Å². The van der Waals surface area contributed by atoms with Crippen LogP contribution in [0.15, 0.2) is 64.9 Å². The number of H-pyrrole nitrogens is 3. The maximum atomic E-state index is 13.8. The van der Waals surface area contributed by atoms with Gasteiger partial charge in [-0.2, -0.15) is 0 Å². The fourth-order valence-corrected chi connectivity index (χ4v) is 6.43. The Bertz CT molecular complexity index is 2840. The number of carbonyl (C=O) groups is 2. The zero-order chi connectivity index (χ0) is 44.0. The van der Waals surface area contributed by atoms with E-state index >= 15 is 0 Å². The predicted octanol–water partition coefficient (Wildman–Crippen LogP) is -3.24. The standard InChI is InChI=1S/C34H41N17O10/c1-19-9-47(32(58)37-29(19)55)17-26(53)45(5-4-36-42-35)12-22-14-49(43-40-22)7-6-46(27(54)18-48-10-20(2)30(56)38-33(48)59)13-23-15-50(44-41-23)16-25-24(52)8-28(61-25)51-11-21(3)31(57)39-34(51)60/h9-11,14-15,24-25,28,52H,4-8,12-13,16-18H2,1-3H3,(H,37,55,58)(H,38,56,59)(H,39,57,60)/t24-,25+,28+/m0/s1. The smallest absolute Gasteiger partial charge is 0.330 e. The highest BCUT2D eigenvalue weighted by molar-refractivity contribution is 5.76. The summed E-state index contributed by atoms with van der Waals surface area (Å²) >= 11 is 0. The molecule has 0 radical (unpaired) electrons. The largest absolute Gasteiger partial charge is 0.390 e. The summed E-state index contributed by atoms with van der Waals surface area (Å²) in [4.78, 5) is 112. The van der Waals surface area contributed by atoms with E-state index in [0.717, 1.165) is 9.13 Å². The SMILES string of the molecule is Cc1cn(CC(=O)N(CCN=[N+]=[N-])Cc2cn(CCN(Cc3cn(C[C@H]4O[C@@H](n5cc(C)c(=O)[nH]c5=O)C[C@@H]4O)nn3)C(=O)Cn3cc(C)c(=O)[nH]c3=O)nn2)c(=O)[nH]c1=O. The second-order valence-electron chi connectivity index (χ2n) is 14.3. The second kappa shape index (κ2) is 18.6. The summed E-state index contributed by atoms with van der Waals surface area (Å²) in [6.07, 6.45) is 4.35. The number of hydrogen-bond acceptors (Lipinski definition) is 15. The Balaban J connectivity index is 1.15. The Morgan fingerprint density at radius 3 is 1.87 bits per heavy atom. The van der Waals surface area contributed by atoms with E-state index in [9.17, 15) is 43.5 Å². The Morgan fingerprint density at radius 2 is 1.30 bits per heavy atom. The number of nitrogens with zero attached hydrogens (tertiary/aromatic N) is 14. The van der Waals surface area contributed by atoms with E-state index in [0.29, 0.717) is 17.0 Å². The molecular weight excluding hydrogens is 806 g/mol. The van der Waals surface area contributed by atoms with Crippen molar-refractivity contribution in [1.82, 2.24) is 68.4 Å². The van der Waals surface area contributed by atoms with Crippen molar-refractivity contribution in [3.05, 3.63) is 132 Å². The number of aromatic amines is 3. The highest BCUT2D eigenvalue weighted by Gasteiger charge is 2.36. The summed E-state index contributed by atoms with van der Waals surface area (Å²) in [5.74, 6) is -1.08. The number of rotatable bonds is 17. The van der Waals surface area contributed by atoms with Gasteiger partial charge in [0.25, 0.3) is 16.7 Å². The van der Waals surface area contributed by atoms with E-state index in [1.165, 1.54) is 75.5 Å². The average molecular weight is 848 g/mol. The lowest BCUT2D eigenvalue weighted by molar-refractivity contribution is -0.133. The number of amides is 2. The Morgan fingerprint density at radius 1 is 0.787 bits per heavy atom. The number of nitrogens with one attached hydrogen (secondary N) is 3. The molecule has 1 fully saturated rings. The molecule has 27 nitrogen and oxygen atoms in total. The van der Waals surface area contributed by atoms with Gasteiger partial charge in [-0.25, -0.2) is 19.1 Å². The number of aromatic nitrogens is 12. The second-order valence-corrected chi connectivity index (χ2v) is 14.3. The number of ether oxygens (including phenoxy) is 1. The minimum absolute atomic E-state index is 0.000940. The van der Waals surface area contributed by atoms with E-state index in [-0.39, 0.29) is 63.4 Å². The summed E-state index contributed by atoms with van der Waals surface area (Å²) in [6, 6.07) is 0. The predicted molar refractivity (Wildman–Crippen MR) is 208 cm³/mol. The van der Waals surface area contributed by atoms with Gasteiger partial charge in [0, 0.05) is 66.2 Å². The van der Waals surface area contributed by atoms with Gasteiger partial charge in [-0.05, 0) is 26.3 Å². The van der Waals surface area contributed by atoms with Gasteiger partial charge >= 0.3 is 17.1 Å². The molecule has 322 valence electrons. The third-order valence-corrected chi connectivity index (χ3v) is 9.73. The molecule has 0 aliphatic carbocycles. The molecule has 5 aromatic heterocycles. The van der Waals surface area contributed by atoms with Crippen LogP contribution in [0, 0.1) is 20.8 Å². The lowest BCUT2D eigenvalue weighted by atomic mass is 10.2. The molecule has 61 heavy (non-hydrogen) atoms. The maximum Gasteiger partial charge on any atom is 0.330 e. The molecule has 4 N–H and O–H groups in total. The summed E-state index contributed by atoms with van der Waals surface area (Å²) in [7, 11) is 0. The number of aliphatic hydroxyl groups excluding tert-OH is 1. The van der Waals surface area contributed by atoms with Crippen molar-refractivity contribution in [2.45, 2.75) is 84.9 Å². The van der Waals surface area contributed by atoms with Crippen LogP contribution in [0.3, 0.4) is 0 Å². The summed E-state index contributed by atoms with van der Waals surface area (Å²) in [5.41, 5.74) is 6.19. The van der Waals surface area contributed by atoms with Crippen molar-refractivity contribution in [2.75, 3.05) is 19.6 Å². The summed E-state index contributed by atoms with van der Waals surface area (Å²) < 4.78 is 12.1. The monoisotopic (exact) mass is 847 g/mol. The zero-order valence-electron chi connectivity index (χ0n) is 33.1. The molecule has 0 bridgehead atoms. The van der Waals surface area contributed by atoms with Gasteiger partial charge in [-0.15, -0.1) is 10.2 Å². The van der Waals surface area contributed by atoms with E-state index in [2.05, 4.69) is 45.6 Å². The Hall–Kier alpha value is -7.51. The van der Waals surface area contributed by atoms with Gasteiger partial charge in [0.1, 0.15) is 36.8 Å². The number of azide groups is 1. The van der Waals surface area contributed by atoms with Crippen LogP contribution in [0.5, 0.6) is 0 Å². The fraction of sp³-hybridized carbons (Fsp3) is 0.471. The molecule has 5 aromatic rings. The number of hydrogen-bond donors (Lipinski definition) is 4. The van der Waals surface area contributed by atoms with Crippen LogP contribution in [0.4, 0.5) is 0 Å². The molecule has 2 amide bonds. The van der Waals surface area contributed by atoms with Crippen molar-refractivity contribution in [3.8, 4) is 0 Å². The molecule has 6 heterocycles. The first kappa shape index (κ1) is 43.1. The maximum absolute atomic E-state index is 13.8. The first-order valence-electron chi connectivity index (χ1n) is 18.7. The minimum atomic E-state index is -0.998. The third-order valence-electron chi connectivity index (χ3n) is 9.73. The van der Waals surface area contributed by atoms with Crippen molar-refractivity contribution in [3.63, 3.8) is 0 Å². The van der Waals surface area contributed by atoms with Crippen LogP contribution in [0.25, 0.3) is 10.4 Å². The lowest BCUT2D eigenvalue weighted by Gasteiger charge is -2.22. The molecule has 6 rings (SSSR count). The number of carbonyl (C=O) groups excluding carboxylic acids is 2. The summed E-state index contributed by atoms with van der Waals surface area (Å²) in [5, 5.41) is 30.8. The minimum Gasteiger partial charge on any atom is -0.390 e. The van der Waals surface area contributed by atoms with Gasteiger partial charge in [0.2, 0.25) is 11.8 Å². The van der Waals surface area contributed by atoms with Crippen LogP contribution in [0.1, 0.15) is 40.7 Å². The molecule has 0 saturated carbocycles. The van der Waals surface area contributed by atoms with Gasteiger partial charge in [-0.3, -0.25) is 57.3 Å². The molecule has 0 spiro atoms. The van der Waals surface area contributed by atoms with E-state index in [1.54, 1.807) is 0 Å². The van der Waals surface area contributed by atoms with Gasteiger partial charge < -0.3 is 19.6 Å². The quantitative estimate of drug-likeness (QED) is 0.0406. The molecule has 0 aromatic carbocycles. The molecular formula is C34H41N17O10. The topological polar surface area (TPSA) is 345 Å². The molecule has 0 unspecified atom stereocenters. The van der Waals surface area contributed by atoms with Gasteiger partial charge in [-0.1, -0.05) is 15.5 Å². The van der Waals surface area contributed by atoms with Gasteiger partial charge in [0.15, 0.2) is 0 Å². The number of aliphatic hydroxyl groups is 1.